The van der Waals surface area contributed by atoms with Gasteiger partial charge in [-0.3, -0.25) is 4.79 Å². The number of carbonyl (C=O) groups is 1. The third kappa shape index (κ3) is 6.33. The van der Waals surface area contributed by atoms with Crippen molar-refractivity contribution in [1.82, 2.24) is 5.32 Å². The molecule has 106 valence electrons. The second-order valence-electron chi connectivity index (χ2n) is 4.70. The molecule has 0 bridgehead atoms. The highest BCUT2D eigenvalue weighted by Crippen LogP contribution is 2.17. The van der Waals surface area contributed by atoms with Crippen molar-refractivity contribution in [1.29, 1.82) is 0 Å². The van der Waals surface area contributed by atoms with E-state index in [9.17, 15) is 4.79 Å². The first-order valence-electron chi connectivity index (χ1n) is 6.70. The van der Waals surface area contributed by atoms with Gasteiger partial charge >= 0.3 is 5.97 Å². The standard InChI is InChI=1S/C13H25NO4/c1-11-10-12(4-5-14-11)13(15)18-9-8-17-7-3-6-16-2/h11-12,14H,3-10H2,1-2H3. The summed E-state index contributed by atoms with van der Waals surface area (Å²) in [6.45, 7) is 5.16. The van der Waals surface area contributed by atoms with Crippen LogP contribution in [0, 0.1) is 5.92 Å². The molecule has 2 unspecified atom stereocenters. The Hall–Kier alpha value is -0.650. The molecule has 0 aliphatic carbocycles. The van der Waals surface area contributed by atoms with Crippen LogP contribution in [0.3, 0.4) is 0 Å². The van der Waals surface area contributed by atoms with Crippen LogP contribution in [0.2, 0.25) is 0 Å². The van der Waals surface area contributed by atoms with Gasteiger partial charge in [-0.1, -0.05) is 0 Å². The van der Waals surface area contributed by atoms with E-state index in [0.29, 0.717) is 32.5 Å². The summed E-state index contributed by atoms with van der Waals surface area (Å²) in [7, 11) is 1.67. The van der Waals surface area contributed by atoms with Crippen molar-refractivity contribution in [2.24, 2.45) is 5.92 Å². The molecule has 0 aromatic heterocycles. The molecule has 18 heavy (non-hydrogen) atoms. The van der Waals surface area contributed by atoms with Crippen LogP contribution in [-0.4, -0.2) is 52.1 Å². The zero-order valence-electron chi connectivity index (χ0n) is 11.4. The maximum Gasteiger partial charge on any atom is 0.309 e. The van der Waals surface area contributed by atoms with Gasteiger partial charge in [-0.2, -0.15) is 0 Å². The summed E-state index contributed by atoms with van der Waals surface area (Å²) in [5.41, 5.74) is 0. The first kappa shape index (κ1) is 15.4. The minimum absolute atomic E-state index is 0.0507. The normalized spacial score (nSPS) is 23.9. The van der Waals surface area contributed by atoms with Crippen LogP contribution in [0.1, 0.15) is 26.2 Å². The summed E-state index contributed by atoms with van der Waals surface area (Å²) >= 11 is 0. The number of carbonyl (C=O) groups excluding carboxylic acids is 1. The average molecular weight is 259 g/mol. The molecule has 1 aliphatic heterocycles. The first-order valence-corrected chi connectivity index (χ1v) is 6.70. The first-order chi connectivity index (χ1) is 8.74. The van der Waals surface area contributed by atoms with Gasteiger partial charge in [-0.25, -0.2) is 0 Å². The lowest BCUT2D eigenvalue weighted by Crippen LogP contribution is -2.39. The number of esters is 1. The Bertz CT molecular complexity index is 235. The van der Waals surface area contributed by atoms with Crippen molar-refractivity contribution >= 4 is 5.97 Å². The molecule has 5 heteroatoms. The van der Waals surface area contributed by atoms with Crippen molar-refractivity contribution in [2.75, 3.05) is 40.1 Å². The maximum absolute atomic E-state index is 11.8. The van der Waals surface area contributed by atoms with Crippen LogP contribution >= 0.6 is 0 Å². The quantitative estimate of drug-likeness (QED) is 0.520. The summed E-state index contributed by atoms with van der Waals surface area (Å²) in [6, 6.07) is 0.404. The summed E-state index contributed by atoms with van der Waals surface area (Å²) in [6.07, 6.45) is 2.61. The van der Waals surface area contributed by atoms with Crippen LogP contribution in [0.15, 0.2) is 0 Å². The summed E-state index contributed by atoms with van der Waals surface area (Å²) < 4.78 is 15.4. The van der Waals surface area contributed by atoms with Crippen LogP contribution in [0.5, 0.6) is 0 Å². The minimum Gasteiger partial charge on any atom is -0.463 e. The SMILES string of the molecule is COCCCOCCOC(=O)C1CCNC(C)C1. The van der Waals surface area contributed by atoms with Gasteiger partial charge in [-0.05, 0) is 32.7 Å². The van der Waals surface area contributed by atoms with E-state index in [-0.39, 0.29) is 11.9 Å². The zero-order valence-corrected chi connectivity index (χ0v) is 11.4. The average Bonchev–Trinajstić information content (AvgIpc) is 2.37. The molecule has 1 heterocycles. The van der Waals surface area contributed by atoms with Crippen molar-refractivity contribution in [3.05, 3.63) is 0 Å². The van der Waals surface area contributed by atoms with E-state index in [0.717, 1.165) is 25.8 Å². The second-order valence-corrected chi connectivity index (χ2v) is 4.70. The molecule has 1 aliphatic rings. The van der Waals surface area contributed by atoms with Crippen molar-refractivity contribution in [2.45, 2.75) is 32.2 Å². The molecule has 2 atom stereocenters. The Balaban J connectivity index is 1.99. The van der Waals surface area contributed by atoms with E-state index in [2.05, 4.69) is 12.2 Å². The Morgan fingerprint density at radius 1 is 1.28 bits per heavy atom. The molecule has 1 N–H and O–H groups in total. The zero-order chi connectivity index (χ0) is 13.2. The van der Waals surface area contributed by atoms with Crippen molar-refractivity contribution in [3.8, 4) is 0 Å². The van der Waals surface area contributed by atoms with Crippen LogP contribution in [0.4, 0.5) is 0 Å². The summed E-state index contributed by atoms with van der Waals surface area (Å²) in [5, 5.41) is 3.32. The highest BCUT2D eigenvalue weighted by Gasteiger charge is 2.25. The number of methoxy groups -OCH3 is 1. The van der Waals surface area contributed by atoms with E-state index in [4.69, 9.17) is 14.2 Å². The lowest BCUT2D eigenvalue weighted by molar-refractivity contribution is -0.151. The van der Waals surface area contributed by atoms with E-state index < -0.39 is 0 Å². The molecular formula is C13H25NO4. The molecule has 1 saturated heterocycles. The Morgan fingerprint density at radius 2 is 2.11 bits per heavy atom. The van der Waals surface area contributed by atoms with Crippen LogP contribution in [-0.2, 0) is 19.0 Å². The number of ether oxygens (including phenoxy) is 3. The number of hydrogen-bond acceptors (Lipinski definition) is 5. The maximum atomic E-state index is 11.8. The van der Waals surface area contributed by atoms with Gasteiger partial charge in [0.15, 0.2) is 0 Å². The topological polar surface area (TPSA) is 56.8 Å². The van der Waals surface area contributed by atoms with Gasteiger partial charge in [0.05, 0.1) is 12.5 Å². The second kappa shape index (κ2) is 9.30. The number of rotatable bonds is 8. The molecule has 1 fully saturated rings. The molecule has 0 spiro atoms. The highest BCUT2D eigenvalue weighted by molar-refractivity contribution is 5.72. The molecule has 5 nitrogen and oxygen atoms in total. The van der Waals surface area contributed by atoms with Crippen molar-refractivity contribution in [3.63, 3.8) is 0 Å². The Kier molecular flexibility index (Phi) is 7.96. The van der Waals surface area contributed by atoms with E-state index >= 15 is 0 Å². The largest absolute Gasteiger partial charge is 0.463 e. The molecule has 1 rings (SSSR count). The highest BCUT2D eigenvalue weighted by atomic mass is 16.6. The molecule has 0 aromatic carbocycles. The number of hydrogen-bond donors (Lipinski definition) is 1. The fourth-order valence-corrected chi connectivity index (χ4v) is 2.07. The van der Waals surface area contributed by atoms with Gasteiger partial charge in [-0.15, -0.1) is 0 Å². The number of nitrogens with one attached hydrogen (secondary N) is 1. The number of piperidine rings is 1. The third-order valence-corrected chi connectivity index (χ3v) is 3.07. The fourth-order valence-electron chi connectivity index (χ4n) is 2.07. The fraction of sp³-hybridized carbons (Fsp3) is 0.923. The molecule has 0 radical (unpaired) electrons. The predicted octanol–water partition coefficient (Wildman–Crippen LogP) is 0.971. The van der Waals surface area contributed by atoms with E-state index in [1.165, 1.54) is 0 Å². The summed E-state index contributed by atoms with van der Waals surface area (Å²) in [4.78, 5) is 11.8. The van der Waals surface area contributed by atoms with Gasteiger partial charge in [0.1, 0.15) is 6.61 Å². The lowest BCUT2D eigenvalue weighted by Gasteiger charge is -2.26. The van der Waals surface area contributed by atoms with Crippen LogP contribution < -0.4 is 5.32 Å². The molecule has 0 aromatic rings. The van der Waals surface area contributed by atoms with E-state index in [1.54, 1.807) is 7.11 Å². The Labute approximate surface area is 109 Å². The smallest absolute Gasteiger partial charge is 0.309 e. The molecule has 0 saturated carbocycles. The third-order valence-electron chi connectivity index (χ3n) is 3.07. The monoisotopic (exact) mass is 259 g/mol. The van der Waals surface area contributed by atoms with Crippen molar-refractivity contribution < 1.29 is 19.0 Å². The molecular weight excluding hydrogens is 234 g/mol. The lowest BCUT2D eigenvalue weighted by atomic mass is 9.93. The Morgan fingerprint density at radius 3 is 2.83 bits per heavy atom. The van der Waals surface area contributed by atoms with Gasteiger partial charge in [0.2, 0.25) is 0 Å². The molecule has 0 amide bonds. The summed E-state index contributed by atoms with van der Waals surface area (Å²) in [5.74, 6) is -0.0291. The van der Waals surface area contributed by atoms with Gasteiger partial charge in [0, 0.05) is 26.4 Å². The van der Waals surface area contributed by atoms with Crippen LogP contribution in [0.25, 0.3) is 0 Å². The van der Waals surface area contributed by atoms with Gasteiger partial charge < -0.3 is 19.5 Å². The predicted molar refractivity (Wildman–Crippen MR) is 68.5 cm³/mol. The van der Waals surface area contributed by atoms with E-state index in [1.807, 2.05) is 0 Å². The minimum atomic E-state index is -0.0798. The van der Waals surface area contributed by atoms with Gasteiger partial charge in [0.25, 0.3) is 0 Å².